The summed E-state index contributed by atoms with van der Waals surface area (Å²) in [7, 11) is -3.69. The summed E-state index contributed by atoms with van der Waals surface area (Å²) in [6.07, 6.45) is -2.74. The van der Waals surface area contributed by atoms with Crippen LogP contribution in [0.25, 0.3) is 0 Å². The number of ketones is 1. The minimum absolute atomic E-state index is 0.0116. The van der Waals surface area contributed by atoms with Gasteiger partial charge in [0, 0.05) is 37.9 Å². The van der Waals surface area contributed by atoms with Crippen molar-refractivity contribution in [1.82, 2.24) is 4.98 Å². The number of rotatable bonds is 7. The molecular weight excluding hydrogens is 534 g/mol. The SMILES string of the molecule is COCN(c1cc(Cl)cnc1C(=O)c1cc[n+]([O-])c(C)c1)S(=O)(=O)c1cccc(C(F)(F)F)c1Cl. The molecule has 1 aromatic carbocycles. The smallest absolute Gasteiger partial charge is 0.417 e. The van der Waals surface area contributed by atoms with Gasteiger partial charge in [-0.15, -0.1) is 0 Å². The minimum atomic E-state index is -4.92. The maximum atomic E-state index is 13.5. The Balaban J connectivity index is 2.23. The second-order valence-electron chi connectivity index (χ2n) is 7.12. The number of methoxy groups -OCH3 is 1. The van der Waals surface area contributed by atoms with E-state index in [2.05, 4.69) is 4.98 Å². The molecule has 0 fully saturated rings. The lowest BCUT2D eigenvalue weighted by atomic mass is 10.1. The van der Waals surface area contributed by atoms with Gasteiger partial charge in [0.2, 0.25) is 5.78 Å². The quantitative estimate of drug-likeness (QED) is 0.187. The molecule has 8 nitrogen and oxygen atoms in total. The van der Waals surface area contributed by atoms with Crippen molar-refractivity contribution < 1.29 is 35.9 Å². The first-order valence-electron chi connectivity index (χ1n) is 9.56. The van der Waals surface area contributed by atoms with E-state index >= 15 is 0 Å². The summed E-state index contributed by atoms with van der Waals surface area (Å²) in [5, 5.41) is 10.5. The number of hydrogen-bond donors (Lipinski definition) is 0. The predicted molar refractivity (Wildman–Crippen MR) is 121 cm³/mol. The van der Waals surface area contributed by atoms with Gasteiger partial charge in [-0.05, 0) is 18.2 Å². The monoisotopic (exact) mass is 549 g/mol. The van der Waals surface area contributed by atoms with Crippen LogP contribution in [0.5, 0.6) is 0 Å². The van der Waals surface area contributed by atoms with E-state index in [9.17, 15) is 31.6 Å². The molecule has 0 radical (unpaired) electrons. The molecule has 2 heterocycles. The number of ether oxygens (including phenoxy) is 1. The molecule has 0 amide bonds. The topological polar surface area (TPSA) is 104 Å². The predicted octanol–water partition coefficient (Wildman–Crippen LogP) is 4.38. The van der Waals surface area contributed by atoms with Gasteiger partial charge in [0.15, 0.2) is 11.9 Å². The molecule has 0 saturated carbocycles. The van der Waals surface area contributed by atoms with Gasteiger partial charge in [0.05, 0.1) is 21.3 Å². The summed E-state index contributed by atoms with van der Waals surface area (Å²) in [6, 6.07) is 6.00. The lowest BCUT2D eigenvalue weighted by molar-refractivity contribution is -0.612. The molecular formula is C21H16Cl2F3N3O5S. The molecule has 186 valence electrons. The van der Waals surface area contributed by atoms with E-state index in [-0.39, 0.29) is 22.0 Å². The normalized spacial score (nSPS) is 12.0. The summed E-state index contributed by atoms with van der Waals surface area (Å²) in [5.41, 5.74) is -1.93. The van der Waals surface area contributed by atoms with Crippen molar-refractivity contribution in [2.45, 2.75) is 18.0 Å². The highest BCUT2D eigenvalue weighted by molar-refractivity contribution is 7.93. The molecule has 0 aliphatic rings. The highest BCUT2D eigenvalue weighted by atomic mass is 35.5. The van der Waals surface area contributed by atoms with Crippen molar-refractivity contribution in [2.24, 2.45) is 0 Å². The maximum absolute atomic E-state index is 13.5. The highest BCUT2D eigenvalue weighted by Gasteiger charge is 2.38. The second kappa shape index (κ2) is 9.97. The van der Waals surface area contributed by atoms with Gasteiger partial charge in [-0.2, -0.15) is 17.9 Å². The number of benzene rings is 1. The van der Waals surface area contributed by atoms with Crippen molar-refractivity contribution in [3.05, 3.63) is 86.6 Å². The maximum Gasteiger partial charge on any atom is 0.417 e. The molecule has 0 saturated heterocycles. The van der Waals surface area contributed by atoms with E-state index < -0.39 is 49.9 Å². The van der Waals surface area contributed by atoms with Crippen LogP contribution in [-0.4, -0.2) is 33.0 Å². The molecule has 3 aromatic rings. The van der Waals surface area contributed by atoms with Crippen molar-refractivity contribution in [1.29, 1.82) is 0 Å². The lowest BCUT2D eigenvalue weighted by Crippen LogP contribution is -2.35. The van der Waals surface area contributed by atoms with Crippen LogP contribution in [0.3, 0.4) is 0 Å². The fourth-order valence-corrected chi connectivity index (χ4v) is 5.25. The van der Waals surface area contributed by atoms with Crippen LogP contribution in [0, 0.1) is 12.1 Å². The lowest BCUT2D eigenvalue weighted by Gasteiger charge is -2.26. The number of carbonyl (C=O) groups excluding carboxylic acids is 1. The average Bonchev–Trinajstić information content (AvgIpc) is 2.78. The van der Waals surface area contributed by atoms with Crippen LogP contribution >= 0.6 is 23.2 Å². The van der Waals surface area contributed by atoms with E-state index in [0.29, 0.717) is 15.1 Å². The zero-order valence-corrected chi connectivity index (χ0v) is 20.3. The summed E-state index contributed by atoms with van der Waals surface area (Å²) < 4.78 is 73.1. The Labute approximate surface area is 208 Å². The number of nitrogens with zero attached hydrogens (tertiary/aromatic N) is 3. The molecule has 0 atom stereocenters. The molecule has 3 rings (SSSR count). The molecule has 0 bridgehead atoms. The molecule has 0 aliphatic heterocycles. The number of alkyl halides is 3. The van der Waals surface area contributed by atoms with Gasteiger partial charge in [-0.1, -0.05) is 29.3 Å². The van der Waals surface area contributed by atoms with Crippen molar-refractivity contribution in [2.75, 3.05) is 18.1 Å². The van der Waals surface area contributed by atoms with Crippen molar-refractivity contribution in [3.63, 3.8) is 0 Å². The van der Waals surface area contributed by atoms with Crippen LogP contribution in [-0.2, 0) is 20.9 Å². The molecule has 0 aliphatic carbocycles. The third kappa shape index (κ3) is 5.35. The standard InChI is InChI=1S/C21H16Cl2F3N3O5S/c1-12-8-13(6-7-28(12)31)20(30)19-16(9-14(22)10-27-19)29(11-34-2)35(32,33)17-5-3-4-15(18(17)23)21(24,25)26/h3-10H,11H2,1-2H3. The van der Waals surface area contributed by atoms with Crippen LogP contribution in [0.4, 0.5) is 18.9 Å². The summed E-state index contributed by atoms with van der Waals surface area (Å²) in [4.78, 5) is 16.3. The van der Waals surface area contributed by atoms with Crippen LogP contribution in [0.15, 0.2) is 53.7 Å². The summed E-state index contributed by atoms with van der Waals surface area (Å²) in [6.45, 7) is 0.739. The Morgan fingerprint density at radius 3 is 2.51 bits per heavy atom. The Bertz CT molecular complexity index is 1400. The first-order valence-corrected chi connectivity index (χ1v) is 11.8. The Morgan fingerprint density at radius 1 is 1.23 bits per heavy atom. The van der Waals surface area contributed by atoms with Crippen LogP contribution in [0.2, 0.25) is 10.0 Å². The molecule has 2 aromatic heterocycles. The number of carbonyl (C=O) groups is 1. The van der Waals surface area contributed by atoms with Gasteiger partial charge in [-0.3, -0.25) is 4.79 Å². The zero-order chi connectivity index (χ0) is 26.1. The average molecular weight is 550 g/mol. The van der Waals surface area contributed by atoms with Crippen LogP contribution < -0.4 is 9.04 Å². The zero-order valence-electron chi connectivity index (χ0n) is 18.0. The Morgan fingerprint density at radius 2 is 1.91 bits per heavy atom. The first kappa shape index (κ1) is 26.7. The Kier molecular flexibility index (Phi) is 7.60. The number of sulfonamides is 1. The van der Waals surface area contributed by atoms with E-state index in [4.69, 9.17) is 27.9 Å². The van der Waals surface area contributed by atoms with E-state index in [1.807, 2.05) is 0 Å². The first-order chi connectivity index (χ1) is 16.3. The van der Waals surface area contributed by atoms with Crippen LogP contribution in [0.1, 0.15) is 27.3 Å². The van der Waals surface area contributed by atoms with E-state index in [0.717, 1.165) is 37.7 Å². The van der Waals surface area contributed by atoms with Gasteiger partial charge < -0.3 is 9.94 Å². The highest BCUT2D eigenvalue weighted by Crippen LogP contribution is 2.39. The van der Waals surface area contributed by atoms with Gasteiger partial charge >= 0.3 is 6.18 Å². The number of pyridine rings is 2. The molecule has 0 unspecified atom stereocenters. The number of halogens is 5. The van der Waals surface area contributed by atoms with Gasteiger partial charge in [-0.25, -0.2) is 17.7 Å². The minimum Gasteiger partial charge on any atom is -0.619 e. The number of aryl methyl sites for hydroxylation is 1. The number of aromatic nitrogens is 2. The Hall–Kier alpha value is -2.93. The third-order valence-electron chi connectivity index (χ3n) is 4.76. The fraction of sp³-hybridized carbons (Fsp3) is 0.190. The summed E-state index contributed by atoms with van der Waals surface area (Å²) >= 11 is 11.9. The van der Waals surface area contributed by atoms with E-state index in [1.165, 1.54) is 19.1 Å². The summed E-state index contributed by atoms with van der Waals surface area (Å²) in [5.74, 6) is -0.771. The largest absolute Gasteiger partial charge is 0.619 e. The molecule has 0 spiro atoms. The fourth-order valence-electron chi connectivity index (χ4n) is 3.11. The second-order valence-corrected chi connectivity index (χ2v) is 9.76. The molecule has 0 N–H and O–H groups in total. The third-order valence-corrected chi connectivity index (χ3v) is 7.27. The van der Waals surface area contributed by atoms with Gasteiger partial charge in [0.1, 0.15) is 17.3 Å². The number of hydrogen-bond acceptors (Lipinski definition) is 6. The van der Waals surface area contributed by atoms with Crippen molar-refractivity contribution in [3.8, 4) is 0 Å². The molecule has 35 heavy (non-hydrogen) atoms. The van der Waals surface area contributed by atoms with E-state index in [1.54, 1.807) is 0 Å². The van der Waals surface area contributed by atoms with Gasteiger partial charge in [0.25, 0.3) is 10.0 Å². The number of anilines is 1. The van der Waals surface area contributed by atoms with Crippen molar-refractivity contribution >= 4 is 44.7 Å². The molecule has 14 heteroatoms.